The molecular weight excluding hydrogens is 460 g/mol. The van der Waals surface area contributed by atoms with E-state index < -0.39 is 0 Å². The van der Waals surface area contributed by atoms with E-state index in [9.17, 15) is 4.79 Å². The number of nitrogens with zero attached hydrogens (tertiary/aromatic N) is 3. The third kappa shape index (κ3) is 7.22. The first kappa shape index (κ1) is 28.5. The van der Waals surface area contributed by atoms with Crippen LogP contribution in [0.5, 0.6) is 5.75 Å². The molecule has 2 fully saturated rings. The Kier molecular flexibility index (Phi) is 9.93. The Morgan fingerprint density at radius 3 is 2.49 bits per heavy atom. The van der Waals surface area contributed by atoms with Crippen LogP contribution in [0.3, 0.4) is 0 Å². The Labute approximate surface area is 222 Å². The first-order valence-corrected chi connectivity index (χ1v) is 13.4. The molecule has 37 heavy (non-hydrogen) atoms. The summed E-state index contributed by atoms with van der Waals surface area (Å²) in [6.07, 6.45) is 14.1. The summed E-state index contributed by atoms with van der Waals surface area (Å²) in [5.41, 5.74) is 4.63. The number of pyridine rings is 1. The molecule has 1 aliphatic heterocycles. The fourth-order valence-electron chi connectivity index (χ4n) is 5.24. The molecule has 0 unspecified atom stereocenters. The maximum atomic E-state index is 11.7. The molecule has 2 heterocycles. The molecule has 1 aliphatic carbocycles. The van der Waals surface area contributed by atoms with Crippen molar-refractivity contribution >= 4 is 18.6 Å². The van der Waals surface area contributed by atoms with E-state index in [1.54, 1.807) is 10.8 Å². The summed E-state index contributed by atoms with van der Waals surface area (Å²) in [6.45, 7) is 13.3. The highest BCUT2D eigenvalue weighted by Gasteiger charge is 2.53. The number of rotatable bonds is 10. The summed E-state index contributed by atoms with van der Waals surface area (Å²) in [4.78, 5) is 16.2. The zero-order valence-corrected chi connectivity index (χ0v) is 23.3. The zero-order valence-electron chi connectivity index (χ0n) is 23.3. The predicted molar refractivity (Wildman–Crippen MR) is 153 cm³/mol. The number of carbonyl (C=O) groups excluding carboxylic acids is 1. The van der Waals surface area contributed by atoms with Gasteiger partial charge >= 0.3 is 0 Å². The number of nitrogens with one attached hydrogen (secondary N) is 1. The van der Waals surface area contributed by atoms with Crippen LogP contribution in [-0.2, 0) is 6.42 Å². The van der Waals surface area contributed by atoms with Gasteiger partial charge in [0.25, 0.3) is 0 Å². The minimum Gasteiger partial charge on any atom is -0.490 e. The standard InChI is InChI=1S/C28H36N4O2.C3H8/c1-5-32-14-10-22(15-27(32)29)7-6-12-31-19-28(20-31)16-23(17-28)34-26-9-8-21(2)25(18-33)24(26)11-13-30(3)4;1-3-2/h5,8-11,13-15,18,23,29H,1,6-7,12,16-17,19-20H2,2-4H3;3H2,1-2H3/b13-11-,29-27?;. The zero-order chi connectivity index (χ0) is 27.0. The molecule has 0 bridgehead atoms. The second kappa shape index (κ2) is 12.9. The van der Waals surface area contributed by atoms with E-state index in [1.807, 2.05) is 62.6 Å². The van der Waals surface area contributed by atoms with Crippen molar-refractivity contribution in [2.24, 2.45) is 5.41 Å². The van der Waals surface area contributed by atoms with Crippen LogP contribution in [0.15, 0.2) is 43.2 Å². The van der Waals surface area contributed by atoms with E-state index in [0.717, 1.165) is 68.5 Å². The van der Waals surface area contributed by atoms with Crippen molar-refractivity contribution in [1.29, 1.82) is 5.41 Å². The van der Waals surface area contributed by atoms with Crippen LogP contribution in [0.2, 0.25) is 0 Å². The highest BCUT2D eigenvalue weighted by molar-refractivity contribution is 5.86. The Hall–Kier alpha value is -3.12. The lowest BCUT2D eigenvalue weighted by Crippen LogP contribution is -2.64. The predicted octanol–water partition coefficient (Wildman–Crippen LogP) is 5.61. The van der Waals surface area contributed by atoms with Crippen molar-refractivity contribution in [2.45, 2.75) is 59.0 Å². The Bertz CT molecular complexity index is 1150. The number of ether oxygens (including phenoxy) is 1. The molecule has 1 N–H and O–H groups in total. The molecule has 6 nitrogen and oxygen atoms in total. The minimum absolute atomic E-state index is 0.215. The molecule has 1 spiro atoms. The molecule has 1 saturated carbocycles. The van der Waals surface area contributed by atoms with Gasteiger partial charge in [0.15, 0.2) is 6.29 Å². The van der Waals surface area contributed by atoms with Gasteiger partial charge in [-0.25, -0.2) is 0 Å². The van der Waals surface area contributed by atoms with Gasteiger partial charge in [-0.2, -0.15) is 0 Å². The van der Waals surface area contributed by atoms with Crippen LogP contribution in [-0.4, -0.2) is 60.5 Å². The third-order valence-corrected chi connectivity index (χ3v) is 7.04. The molecule has 2 aliphatic rings. The van der Waals surface area contributed by atoms with Crippen molar-refractivity contribution in [3.05, 3.63) is 71.0 Å². The van der Waals surface area contributed by atoms with E-state index in [4.69, 9.17) is 10.1 Å². The minimum atomic E-state index is 0.215. The Balaban J connectivity index is 0.00000121. The summed E-state index contributed by atoms with van der Waals surface area (Å²) in [7, 11) is 3.94. The number of benzene rings is 1. The van der Waals surface area contributed by atoms with Gasteiger partial charge in [-0.1, -0.05) is 32.9 Å². The fraction of sp³-hybridized carbons (Fsp3) is 0.484. The molecule has 1 aromatic heterocycles. The fourth-order valence-corrected chi connectivity index (χ4v) is 5.24. The number of hydrogen-bond donors (Lipinski definition) is 1. The third-order valence-electron chi connectivity index (χ3n) is 7.04. The number of aromatic nitrogens is 1. The lowest BCUT2D eigenvalue weighted by Gasteiger charge is -2.58. The summed E-state index contributed by atoms with van der Waals surface area (Å²) in [5, 5.41) is 8.00. The average Bonchev–Trinajstić information content (AvgIpc) is 2.81. The van der Waals surface area contributed by atoms with Crippen LogP contribution in [0, 0.1) is 17.7 Å². The Morgan fingerprint density at radius 1 is 1.19 bits per heavy atom. The van der Waals surface area contributed by atoms with Gasteiger partial charge in [-0.05, 0) is 80.8 Å². The van der Waals surface area contributed by atoms with Crippen LogP contribution < -0.4 is 10.2 Å². The topological polar surface area (TPSA) is 61.6 Å². The highest BCUT2D eigenvalue weighted by atomic mass is 16.5. The van der Waals surface area contributed by atoms with Gasteiger partial charge in [-0.15, -0.1) is 0 Å². The highest BCUT2D eigenvalue weighted by Crippen LogP contribution is 2.50. The summed E-state index contributed by atoms with van der Waals surface area (Å²) >= 11 is 0. The quantitative estimate of drug-likeness (QED) is 0.427. The summed E-state index contributed by atoms with van der Waals surface area (Å²) < 4.78 is 8.09. The summed E-state index contributed by atoms with van der Waals surface area (Å²) in [5.74, 6) is 0.802. The van der Waals surface area contributed by atoms with E-state index in [2.05, 4.69) is 31.4 Å². The molecule has 0 atom stereocenters. The van der Waals surface area contributed by atoms with Crippen LogP contribution in [0.1, 0.15) is 66.6 Å². The average molecular weight is 505 g/mol. The van der Waals surface area contributed by atoms with E-state index in [0.29, 0.717) is 16.5 Å². The number of aldehydes is 1. The lowest BCUT2D eigenvalue weighted by atomic mass is 9.61. The summed E-state index contributed by atoms with van der Waals surface area (Å²) in [6, 6.07) is 7.97. The number of likely N-dealkylation sites (tertiary alicyclic amines) is 1. The number of carbonyl (C=O) groups is 1. The van der Waals surface area contributed by atoms with Crippen LogP contribution in [0.4, 0.5) is 0 Å². The van der Waals surface area contributed by atoms with Crippen molar-refractivity contribution in [3.8, 4) is 5.75 Å². The molecule has 200 valence electrons. The normalized spacial score (nSPS) is 16.5. The molecule has 1 saturated heterocycles. The van der Waals surface area contributed by atoms with Gasteiger partial charge in [0.1, 0.15) is 11.2 Å². The van der Waals surface area contributed by atoms with Crippen molar-refractivity contribution in [2.75, 3.05) is 33.7 Å². The Morgan fingerprint density at radius 2 is 1.89 bits per heavy atom. The van der Waals surface area contributed by atoms with Crippen molar-refractivity contribution in [3.63, 3.8) is 0 Å². The van der Waals surface area contributed by atoms with Crippen molar-refractivity contribution in [1.82, 2.24) is 14.4 Å². The largest absolute Gasteiger partial charge is 0.490 e. The molecule has 6 heteroatoms. The molecule has 0 amide bonds. The van der Waals surface area contributed by atoms with E-state index in [-0.39, 0.29) is 6.10 Å². The molecule has 4 rings (SSSR count). The maximum absolute atomic E-state index is 11.7. The monoisotopic (exact) mass is 504 g/mol. The smallest absolute Gasteiger partial charge is 0.151 e. The number of hydrogen-bond acceptors (Lipinski definition) is 5. The first-order valence-electron chi connectivity index (χ1n) is 13.4. The van der Waals surface area contributed by atoms with Crippen molar-refractivity contribution < 1.29 is 9.53 Å². The second-order valence-corrected chi connectivity index (χ2v) is 10.8. The van der Waals surface area contributed by atoms with Gasteiger partial charge < -0.3 is 19.1 Å². The van der Waals surface area contributed by atoms with Gasteiger partial charge in [0.05, 0.1) is 6.10 Å². The molecule has 1 aromatic carbocycles. The molecule has 0 radical (unpaired) electrons. The molecular formula is C31H44N4O2. The molecule has 2 aromatic rings. The second-order valence-electron chi connectivity index (χ2n) is 10.8. The maximum Gasteiger partial charge on any atom is 0.151 e. The SMILES string of the molecule is C=Cn1ccc(CCCN2CC3(CC(Oc4ccc(C)c(C=O)c4/C=C\N(C)C)C3)C2)cc1=N.CCC. The van der Waals surface area contributed by atoms with Crippen LogP contribution in [0.25, 0.3) is 12.3 Å². The van der Waals surface area contributed by atoms with Gasteiger partial charge in [0.2, 0.25) is 0 Å². The van der Waals surface area contributed by atoms with E-state index >= 15 is 0 Å². The lowest BCUT2D eigenvalue weighted by molar-refractivity contribution is -0.119. The van der Waals surface area contributed by atoms with Gasteiger partial charge in [-0.3, -0.25) is 10.2 Å². The van der Waals surface area contributed by atoms with Gasteiger partial charge in [0, 0.05) is 56.1 Å². The van der Waals surface area contributed by atoms with E-state index in [1.165, 1.54) is 12.0 Å². The first-order chi connectivity index (χ1) is 17.7. The van der Waals surface area contributed by atoms with Crippen LogP contribution >= 0.6 is 0 Å². The number of aryl methyl sites for hydroxylation is 2.